The topological polar surface area (TPSA) is 48.9 Å². The van der Waals surface area contributed by atoms with Gasteiger partial charge in [-0.2, -0.15) is 11.8 Å². The van der Waals surface area contributed by atoms with Crippen LogP contribution in [0.5, 0.6) is 0 Å². The van der Waals surface area contributed by atoms with Gasteiger partial charge in [-0.15, -0.1) is 0 Å². The van der Waals surface area contributed by atoms with Crippen LogP contribution in [0.4, 0.5) is 0 Å². The van der Waals surface area contributed by atoms with E-state index in [1.807, 2.05) is 24.5 Å². The molecule has 0 saturated heterocycles. The molecule has 2 aromatic rings. The first-order valence-electron chi connectivity index (χ1n) is 4.91. The van der Waals surface area contributed by atoms with E-state index in [1.165, 1.54) is 0 Å². The van der Waals surface area contributed by atoms with E-state index in [1.54, 1.807) is 18.1 Å². The second kappa shape index (κ2) is 4.68. The lowest BCUT2D eigenvalue weighted by molar-refractivity contribution is 0.175. The number of benzene rings is 1. The number of nitrogens with one attached hydrogen (secondary N) is 1. The quantitative estimate of drug-likeness (QED) is 0.834. The molecule has 0 aliphatic rings. The van der Waals surface area contributed by atoms with Crippen molar-refractivity contribution in [3.8, 4) is 0 Å². The van der Waals surface area contributed by atoms with E-state index in [4.69, 9.17) is 0 Å². The Bertz CT molecular complexity index is 441. The van der Waals surface area contributed by atoms with Gasteiger partial charge in [0.15, 0.2) is 0 Å². The molecule has 80 valence electrons. The number of fused-ring (bicyclic) bond motifs is 1. The van der Waals surface area contributed by atoms with Crippen LogP contribution in [-0.4, -0.2) is 27.1 Å². The minimum Gasteiger partial charge on any atom is -0.388 e. The minimum atomic E-state index is -0.370. The van der Waals surface area contributed by atoms with E-state index in [-0.39, 0.29) is 6.10 Å². The average Bonchev–Trinajstić information content (AvgIpc) is 2.72. The lowest BCUT2D eigenvalue weighted by atomic mass is 10.1. The van der Waals surface area contributed by atoms with Crippen molar-refractivity contribution in [2.24, 2.45) is 0 Å². The van der Waals surface area contributed by atoms with E-state index < -0.39 is 0 Å². The van der Waals surface area contributed by atoms with Crippen LogP contribution in [0, 0.1) is 0 Å². The number of hydrogen-bond donors (Lipinski definition) is 2. The van der Waals surface area contributed by atoms with Gasteiger partial charge in [-0.3, -0.25) is 0 Å². The van der Waals surface area contributed by atoms with Gasteiger partial charge in [0, 0.05) is 0 Å². The fourth-order valence-electron chi connectivity index (χ4n) is 1.56. The summed E-state index contributed by atoms with van der Waals surface area (Å²) in [4.78, 5) is 7.18. The third-order valence-corrected chi connectivity index (χ3v) is 3.07. The first-order valence-corrected chi connectivity index (χ1v) is 6.30. The molecule has 0 radical (unpaired) electrons. The van der Waals surface area contributed by atoms with Crippen LogP contribution in [0.1, 0.15) is 18.1 Å². The van der Waals surface area contributed by atoms with Gasteiger partial charge in [-0.1, -0.05) is 6.07 Å². The maximum atomic E-state index is 9.90. The van der Waals surface area contributed by atoms with Crippen LogP contribution in [0.2, 0.25) is 0 Å². The Balaban J connectivity index is 2.19. The Kier molecular flexibility index (Phi) is 3.28. The number of rotatable bonds is 4. The van der Waals surface area contributed by atoms with Crippen molar-refractivity contribution < 1.29 is 5.11 Å². The largest absolute Gasteiger partial charge is 0.388 e. The summed E-state index contributed by atoms with van der Waals surface area (Å²) >= 11 is 1.75. The number of hydrogen-bond acceptors (Lipinski definition) is 3. The smallest absolute Gasteiger partial charge is 0.0931 e. The maximum Gasteiger partial charge on any atom is 0.0931 e. The SMILES string of the molecule is CSCCC(O)c1ccc2nc[nH]c2c1. The number of aromatic nitrogens is 2. The third kappa shape index (κ3) is 2.33. The maximum absolute atomic E-state index is 9.90. The molecule has 1 heterocycles. The van der Waals surface area contributed by atoms with Crippen LogP contribution < -0.4 is 0 Å². The van der Waals surface area contributed by atoms with Crippen LogP contribution in [0.25, 0.3) is 11.0 Å². The van der Waals surface area contributed by atoms with Gasteiger partial charge in [0.2, 0.25) is 0 Å². The Hall–Kier alpha value is -1.00. The van der Waals surface area contributed by atoms with Gasteiger partial charge >= 0.3 is 0 Å². The normalized spacial score (nSPS) is 13.2. The van der Waals surface area contributed by atoms with Crippen molar-refractivity contribution in [1.82, 2.24) is 9.97 Å². The molecule has 1 unspecified atom stereocenters. The molecule has 0 fully saturated rings. The number of aliphatic hydroxyl groups is 1. The molecule has 1 atom stereocenters. The summed E-state index contributed by atoms with van der Waals surface area (Å²) in [6, 6.07) is 5.84. The highest BCUT2D eigenvalue weighted by molar-refractivity contribution is 7.98. The van der Waals surface area contributed by atoms with Gasteiger partial charge in [0.05, 0.1) is 23.5 Å². The van der Waals surface area contributed by atoms with Gasteiger partial charge in [0.25, 0.3) is 0 Å². The fourth-order valence-corrected chi connectivity index (χ4v) is 2.02. The third-order valence-electron chi connectivity index (χ3n) is 2.42. The average molecular weight is 222 g/mol. The molecule has 0 aliphatic heterocycles. The van der Waals surface area contributed by atoms with Gasteiger partial charge in [-0.25, -0.2) is 4.98 Å². The van der Waals surface area contributed by atoms with E-state index in [9.17, 15) is 5.11 Å². The highest BCUT2D eigenvalue weighted by Gasteiger charge is 2.08. The molecular weight excluding hydrogens is 208 g/mol. The highest BCUT2D eigenvalue weighted by atomic mass is 32.2. The van der Waals surface area contributed by atoms with Crippen molar-refractivity contribution in [2.75, 3.05) is 12.0 Å². The summed E-state index contributed by atoms with van der Waals surface area (Å²) in [6.45, 7) is 0. The first kappa shape index (κ1) is 10.5. The number of aromatic amines is 1. The lowest BCUT2D eigenvalue weighted by Crippen LogP contribution is -1.98. The van der Waals surface area contributed by atoms with Crippen LogP contribution in [0.15, 0.2) is 24.5 Å². The summed E-state index contributed by atoms with van der Waals surface area (Å²) in [6.07, 6.45) is 4.14. The molecule has 2 rings (SSSR count). The summed E-state index contributed by atoms with van der Waals surface area (Å²) < 4.78 is 0. The summed E-state index contributed by atoms with van der Waals surface area (Å²) in [5, 5.41) is 9.90. The van der Waals surface area contributed by atoms with E-state index in [2.05, 4.69) is 9.97 Å². The molecule has 1 aromatic heterocycles. The van der Waals surface area contributed by atoms with Crippen molar-refractivity contribution >= 4 is 22.8 Å². The number of nitrogens with zero attached hydrogens (tertiary/aromatic N) is 1. The Morgan fingerprint density at radius 2 is 2.40 bits per heavy atom. The Labute approximate surface area is 92.9 Å². The van der Waals surface area contributed by atoms with E-state index >= 15 is 0 Å². The molecule has 4 heteroatoms. The molecule has 1 aromatic carbocycles. The molecule has 0 spiro atoms. The van der Waals surface area contributed by atoms with Gasteiger partial charge in [-0.05, 0) is 36.1 Å². The molecule has 0 saturated carbocycles. The molecule has 3 nitrogen and oxygen atoms in total. The Morgan fingerprint density at radius 3 is 3.20 bits per heavy atom. The Morgan fingerprint density at radius 1 is 1.53 bits per heavy atom. The van der Waals surface area contributed by atoms with E-state index in [0.29, 0.717) is 0 Å². The second-order valence-electron chi connectivity index (χ2n) is 3.48. The summed E-state index contributed by atoms with van der Waals surface area (Å²) in [5.74, 6) is 0.974. The zero-order valence-corrected chi connectivity index (χ0v) is 9.42. The van der Waals surface area contributed by atoms with Crippen LogP contribution in [0.3, 0.4) is 0 Å². The van der Waals surface area contributed by atoms with Crippen LogP contribution >= 0.6 is 11.8 Å². The fraction of sp³-hybridized carbons (Fsp3) is 0.364. The molecule has 2 N–H and O–H groups in total. The number of H-pyrrole nitrogens is 1. The van der Waals surface area contributed by atoms with Crippen molar-refractivity contribution in [3.63, 3.8) is 0 Å². The zero-order chi connectivity index (χ0) is 10.7. The van der Waals surface area contributed by atoms with Crippen molar-refractivity contribution in [2.45, 2.75) is 12.5 Å². The van der Waals surface area contributed by atoms with Gasteiger partial charge < -0.3 is 10.1 Å². The highest BCUT2D eigenvalue weighted by Crippen LogP contribution is 2.21. The monoisotopic (exact) mass is 222 g/mol. The molecular formula is C11H14N2OS. The van der Waals surface area contributed by atoms with Crippen molar-refractivity contribution in [1.29, 1.82) is 0 Å². The second-order valence-corrected chi connectivity index (χ2v) is 4.46. The number of thioether (sulfide) groups is 1. The number of aliphatic hydroxyl groups excluding tert-OH is 1. The summed E-state index contributed by atoms with van der Waals surface area (Å²) in [7, 11) is 0. The van der Waals surface area contributed by atoms with Crippen LogP contribution in [-0.2, 0) is 0 Å². The first-order chi connectivity index (χ1) is 7.31. The zero-order valence-electron chi connectivity index (χ0n) is 8.60. The molecule has 0 bridgehead atoms. The van der Waals surface area contributed by atoms with Gasteiger partial charge in [0.1, 0.15) is 0 Å². The lowest BCUT2D eigenvalue weighted by Gasteiger charge is -2.09. The van der Waals surface area contributed by atoms with E-state index in [0.717, 1.165) is 28.8 Å². The predicted octanol–water partition coefficient (Wildman–Crippen LogP) is 2.35. The van der Waals surface area contributed by atoms with Crippen molar-refractivity contribution in [3.05, 3.63) is 30.1 Å². The minimum absolute atomic E-state index is 0.370. The number of imidazole rings is 1. The summed E-state index contributed by atoms with van der Waals surface area (Å²) in [5.41, 5.74) is 2.88. The molecule has 15 heavy (non-hydrogen) atoms. The standard InChI is InChI=1S/C11H14N2OS/c1-15-5-4-11(14)8-2-3-9-10(6-8)13-7-12-9/h2-3,6-7,11,14H,4-5H2,1H3,(H,12,13). The molecule has 0 aliphatic carbocycles. The molecule has 0 amide bonds. The predicted molar refractivity (Wildman–Crippen MR) is 64.1 cm³/mol.